The zero-order valence-electron chi connectivity index (χ0n) is 9.12. The van der Waals surface area contributed by atoms with Crippen molar-refractivity contribution in [1.29, 1.82) is 0 Å². The minimum Gasteiger partial charge on any atom is -0.348 e. The number of nitrogens with one attached hydrogen (secondary N) is 1. The van der Waals surface area contributed by atoms with E-state index < -0.39 is 6.04 Å². The Bertz CT molecular complexity index is 324. The molecular weight excluding hydrogens is 210 g/mol. The van der Waals surface area contributed by atoms with Crippen LogP contribution in [-0.2, 0) is 11.3 Å². The van der Waals surface area contributed by atoms with E-state index in [0.717, 1.165) is 22.7 Å². The second kappa shape index (κ2) is 5.82. The van der Waals surface area contributed by atoms with Gasteiger partial charge in [-0.2, -0.15) is 0 Å². The second-order valence-corrected chi connectivity index (χ2v) is 4.80. The summed E-state index contributed by atoms with van der Waals surface area (Å²) in [5.41, 5.74) is 5.67. The molecule has 1 heterocycles. The summed E-state index contributed by atoms with van der Waals surface area (Å²) >= 11 is 1.59. The summed E-state index contributed by atoms with van der Waals surface area (Å²) < 4.78 is 0. The van der Waals surface area contributed by atoms with Crippen LogP contribution >= 0.6 is 11.3 Å². The van der Waals surface area contributed by atoms with Gasteiger partial charge in [0.15, 0.2) is 0 Å². The highest BCUT2D eigenvalue weighted by Crippen LogP contribution is 2.10. The monoisotopic (exact) mass is 227 g/mol. The highest BCUT2D eigenvalue weighted by atomic mass is 32.1. The predicted octanol–water partition coefficient (Wildman–Crippen LogP) is 1.20. The molecular formula is C10H17N3OS. The van der Waals surface area contributed by atoms with Gasteiger partial charge in [0.1, 0.15) is 5.01 Å². The Morgan fingerprint density at radius 2 is 2.47 bits per heavy atom. The maximum Gasteiger partial charge on any atom is 0.237 e. The first-order valence-corrected chi connectivity index (χ1v) is 5.89. The van der Waals surface area contributed by atoms with Crippen LogP contribution in [0.15, 0.2) is 6.20 Å². The molecule has 0 fully saturated rings. The van der Waals surface area contributed by atoms with E-state index in [1.54, 1.807) is 17.5 Å². The quantitative estimate of drug-likeness (QED) is 0.794. The zero-order chi connectivity index (χ0) is 11.3. The van der Waals surface area contributed by atoms with Crippen LogP contribution in [-0.4, -0.2) is 16.9 Å². The van der Waals surface area contributed by atoms with Crippen LogP contribution in [0.1, 0.15) is 29.7 Å². The highest BCUT2D eigenvalue weighted by molar-refractivity contribution is 7.11. The summed E-state index contributed by atoms with van der Waals surface area (Å²) in [5, 5.41) is 3.70. The average Bonchev–Trinajstić information content (AvgIpc) is 2.61. The van der Waals surface area contributed by atoms with Crippen LogP contribution in [0.25, 0.3) is 0 Å². The van der Waals surface area contributed by atoms with Crippen molar-refractivity contribution in [3.8, 4) is 0 Å². The highest BCUT2D eigenvalue weighted by Gasteiger charge is 2.11. The number of hydrogen-bond donors (Lipinski definition) is 2. The van der Waals surface area contributed by atoms with E-state index in [4.69, 9.17) is 5.73 Å². The summed E-state index contributed by atoms with van der Waals surface area (Å²) in [7, 11) is 0. The number of thiazole rings is 1. The SMILES string of the molecule is CCC[C@@H](N)C(=O)NCc1ncc(C)s1. The number of hydrogen-bond acceptors (Lipinski definition) is 4. The molecule has 1 aromatic heterocycles. The molecule has 0 aromatic carbocycles. The molecule has 84 valence electrons. The number of aryl methyl sites for hydroxylation is 1. The zero-order valence-corrected chi connectivity index (χ0v) is 9.93. The van der Waals surface area contributed by atoms with Crippen LogP contribution in [0.5, 0.6) is 0 Å². The Hall–Kier alpha value is -0.940. The largest absolute Gasteiger partial charge is 0.348 e. The van der Waals surface area contributed by atoms with Gasteiger partial charge in [0.05, 0.1) is 12.6 Å². The van der Waals surface area contributed by atoms with Gasteiger partial charge in [0.25, 0.3) is 0 Å². The minimum atomic E-state index is -0.393. The van der Waals surface area contributed by atoms with E-state index >= 15 is 0 Å². The lowest BCUT2D eigenvalue weighted by atomic mass is 10.2. The Kier molecular flexibility index (Phi) is 4.71. The normalized spacial score (nSPS) is 12.5. The lowest BCUT2D eigenvalue weighted by Crippen LogP contribution is -2.40. The number of nitrogens with two attached hydrogens (primary N) is 1. The van der Waals surface area contributed by atoms with Gasteiger partial charge in [-0.1, -0.05) is 13.3 Å². The maximum absolute atomic E-state index is 11.5. The summed E-state index contributed by atoms with van der Waals surface area (Å²) in [6.07, 6.45) is 3.45. The summed E-state index contributed by atoms with van der Waals surface area (Å²) in [6.45, 7) is 4.48. The van der Waals surface area contributed by atoms with Gasteiger partial charge < -0.3 is 11.1 Å². The first-order chi connectivity index (χ1) is 7.13. The fourth-order valence-electron chi connectivity index (χ4n) is 1.22. The summed E-state index contributed by atoms with van der Waals surface area (Å²) in [6, 6.07) is -0.393. The third kappa shape index (κ3) is 3.97. The molecule has 0 unspecified atom stereocenters. The lowest BCUT2D eigenvalue weighted by Gasteiger charge is -2.09. The fourth-order valence-corrected chi connectivity index (χ4v) is 1.95. The molecule has 5 heteroatoms. The first kappa shape index (κ1) is 12.1. The molecule has 0 aliphatic heterocycles. The number of carbonyl (C=O) groups excluding carboxylic acids is 1. The van der Waals surface area contributed by atoms with Crippen molar-refractivity contribution in [3.05, 3.63) is 16.1 Å². The Morgan fingerprint density at radius 1 is 1.73 bits per heavy atom. The molecule has 15 heavy (non-hydrogen) atoms. The van der Waals surface area contributed by atoms with Crippen LogP contribution in [0.4, 0.5) is 0 Å². The molecule has 1 aromatic rings. The van der Waals surface area contributed by atoms with Crippen LogP contribution < -0.4 is 11.1 Å². The smallest absolute Gasteiger partial charge is 0.237 e. The van der Waals surface area contributed by atoms with E-state index in [2.05, 4.69) is 10.3 Å². The topological polar surface area (TPSA) is 68.0 Å². The standard InChI is InChI=1S/C10H17N3OS/c1-3-4-8(11)10(14)13-6-9-12-5-7(2)15-9/h5,8H,3-4,6,11H2,1-2H3,(H,13,14)/t8-/m1/s1. The Balaban J connectivity index is 2.34. The van der Waals surface area contributed by atoms with Crippen LogP contribution in [0.2, 0.25) is 0 Å². The number of rotatable bonds is 5. The first-order valence-electron chi connectivity index (χ1n) is 5.08. The molecule has 3 N–H and O–H groups in total. The number of aromatic nitrogens is 1. The molecule has 0 radical (unpaired) electrons. The molecule has 1 amide bonds. The average molecular weight is 227 g/mol. The van der Waals surface area contributed by atoms with E-state index in [-0.39, 0.29) is 5.91 Å². The van der Waals surface area contributed by atoms with E-state index in [1.807, 2.05) is 13.8 Å². The van der Waals surface area contributed by atoms with E-state index in [9.17, 15) is 4.79 Å². The summed E-state index contributed by atoms with van der Waals surface area (Å²) in [4.78, 5) is 16.8. The van der Waals surface area contributed by atoms with Gasteiger partial charge in [-0.05, 0) is 13.3 Å². The number of amides is 1. The molecule has 0 saturated carbocycles. The molecule has 1 atom stereocenters. The number of nitrogens with zero attached hydrogens (tertiary/aromatic N) is 1. The van der Waals surface area contributed by atoms with E-state index in [0.29, 0.717) is 6.54 Å². The van der Waals surface area contributed by atoms with Crippen molar-refractivity contribution in [2.45, 2.75) is 39.3 Å². The molecule has 0 aliphatic carbocycles. The lowest BCUT2D eigenvalue weighted by molar-refractivity contribution is -0.122. The summed E-state index contributed by atoms with van der Waals surface area (Å²) in [5.74, 6) is -0.0929. The van der Waals surface area contributed by atoms with Gasteiger partial charge >= 0.3 is 0 Å². The second-order valence-electron chi connectivity index (χ2n) is 3.48. The molecule has 1 rings (SSSR count). The van der Waals surface area contributed by atoms with Crippen LogP contribution in [0, 0.1) is 6.92 Å². The van der Waals surface area contributed by atoms with E-state index in [1.165, 1.54) is 0 Å². The molecule has 0 aliphatic rings. The molecule has 0 bridgehead atoms. The Labute approximate surface area is 93.9 Å². The number of carbonyl (C=O) groups is 1. The van der Waals surface area contributed by atoms with Crippen molar-refractivity contribution in [1.82, 2.24) is 10.3 Å². The molecule has 0 spiro atoms. The van der Waals surface area contributed by atoms with Gasteiger partial charge in [-0.25, -0.2) is 4.98 Å². The van der Waals surface area contributed by atoms with Gasteiger partial charge in [-0.3, -0.25) is 4.79 Å². The third-order valence-corrected chi connectivity index (χ3v) is 2.93. The molecule has 0 saturated heterocycles. The van der Waals surface area contributed by atoms with Crippen molar-refractivity contribution in [2.75, 3.05) is 0 Å². The van der Waals surface area contributed by atoms with Gasteiger partial charge in [-0.15, -0.1) is 11.3 Å². The van der Waals surface area contributed by atoms with Crippen LogP contribution in [0.3, 0.4) is 0 Å². The Morgan fingerprint density at radius 3 is 3.00 bits per heavy atom. The third-order valence-electron chi connectivity index (χ3n) is 2.02. The van der Waals surface area contributed by atoms with Crippen molar-refractivity contribution in [3.63, 3.8) is 0 Å². The van der Waals surface area contributed by atoms with Gasteiger partial charge in [0, 0.05) is 11.1 Å². The van der Waals surface area contributed by atoms with Crippen molar-refractivity contribution in [2.24, 2.45) is 5.73 Å². The van der Waals surface area contributed by atoms with Crippen molar-refractivity contribution >= 4 is 17.2 Å². The molecule has 4 nitrogen and oxygen atoms in total. The fraction of sp³-hybridized carbons (Fsp3) is 0.600. The maximum atomic E-state index is 11.5. The minimum absolute atomic E-state index is 0.0929. The van der Waals surface area contributed by atoms with Crippen molar-refractivity contribution < 1.29 is 4.79 Å². The predicted molar refractivity (Wildman–Crippen MR) is 61.6 cm³/mol. The van der Waals surface area contributed by atoms with Gasteiger partial charge in [0.2, 0.25) is 5.91 Å².